The van der Waals surface area contributed by atoms with Crippen LogP contribution in [0.4, 0.5) is 4.39 Å². The molecule has 3 heterocycles. The number of H-pyrrole nitrogens is 2. The van der Waals surface area contributed by atoms with Crippen LogP contribution >= 0.6 is 11.6 Å². The lowest BCUT2D eigenvalue weighted by molar-refractivity contribution is 0.0249. The zero-order chi connectivity index (χ0) is 20.4. The van der Waals surface area contributed by atoms with Crippen LogP contribution in [-0.4, -0.2) is 39.4 Å². The van der Waals surface area contributed by atoms with Crippen molar-refractivity contribution in [3.05, 3.63) is 73.8 Å². The maximum Gasteiger partial charge on any atom is 0.340 e. The fourth-order valence-corrected chi connectivity index (χ4v) is 3.64. The molecule has 0 bridgehead atoms. The lowest BCUT2D eigenvalue weighted by atomic mass is 9.95. The summed E-state index contributed by atoms with van der Waals surface area (Å²) in [5.74, 6) is -0.462. The van der Waals surface area contributed by atoms with E-state index in [-0.39, 0.29) is 27.9 Å². The van der Waals surface area contributed by atoms with Gasteiger partial charge in [0, 0.05) is 31.7 Å². The van der Waals surface area contributed by atoms with Crippen molar-refractivity contribution in [2.24, 2.45) is 5.92 Å². The Bertz CT molecular complexity index is 1130. The molecule has 3 aromatic rings. The number of benzene rings is 1. The third-order valence-corrected chi connectivity index (χ3v) is 5.20. The molecule has 0 aliphatic carbocycles. The minimum Gasteiger partial charge on any atom is -0.372 e. The maximum absolute atomic E-state index is 14.0. The second kappa shape index (κ2) is 8.32. The third-order valence-electron chi connectivity index (χ3n) is 4.89. The van der Waals surface area contributed by atoms with E-state index >= 15 is 0 Å². The Balaban J connectivity index is 1.66. The van der Waals surface area contributed by atoms with Gasteiger partial charge in [0.05, 0.1) is 23.3 Å². The summed E-state index contributed by atoms with van der Waals surface area (Å²) in [6.45, 7) is 2.05. The van der Waals surface area contributed by atoms with Gasteiger partial charge in [0.15, 0.2) is 5.82 Å². The molecule has 1 aliphatic heterocycles. The molecule has 2 atom stereocenters. The molecule has 0 radical (unpaired) electrons. The van der Waals surface area contributed by atoms with Crippen LogP contribution in [0.2, 0.25) is 5.02 Å². The van der Waals surface area contributed by atoms with Crippen molar-refractivity contribution in [1.29, 1.82) is 0 Å². The molecule has 152 valence electrons. The summed E-state index contributed by atoms with van der Waals surface area (Å²) in [6.07, 6.45) is 1.26. The Kier molecular flexibility index (Phi) is 5.61. The molecule has 1 aromatic carbocycles. The highest BCUT2D eigenvalue weighted by molar-refractivity contribution is 6.30. The molecule has 2 aromatic heterocycles. The van der Waals surface area contributed by atoms with Crippen LogP contribution in [0.5, 0.6) is 0 Å². The van der Waals surface area contributed by atoms with Crippen LogP contribution in [-0.2, 0) is 11.3 Å². The fourth-order valence-electron chi connectivity index (χ4n) is 3.52. The van der Waals surface area contributed by atoms with Gasteiger partial charge in [0.25, 0.3) is 5.56 Å². The number of hydrogen-bond acceptors (Lipinski definition) is 5. The third kappa shape index (κ3) is 4.16. The van der Waals surface area contributed by atoms with Gasteiger partial charge in [0.1, 0.15) is 5.82 Å². The molecule has 3 N–H and O–H groups in total. The second-order valence-electron chi connectivity index (χ2n) is 6.83. The molecule has 1 fully saturated rings. The lowest BCUT2D eigenvalue weighted by Gasteiger charge is -2.26. The highest BCUT2D eigenvalue weighted by atomic mass is 35.5. The van der Waals surface area contributed by atoms with Crippen LogP contribution < -0.4 is 16.6 Å². The van der Waals surface area contributed by atoms with Gasteiger partial charge in [-0.1, -0.05) is 17.7 Å². The summed E-state index contributed by atoms with van der Waals surface area (Å²) in [5.41, 5.74) is 0.172. The van der Waals surface area contributed by atoms with Crippen molar-refractivity contribution < 1.29 is 9.13 Å². The van der Waals surface area contributed by atoms with Gasteiger partial charge < -0.3 is 14.6 Å². The Labute approximate surface area is 169 Å². The van der Waals surface area contributed by atoms with Crippen molar-refractivity contribution in [3.63, 3.8) is 0 Å². The van der Waals surface area contributed by atoms with E-state index in [0.717, 1.165) is 0 Å². The van der Waals surface area contributed by atoms with Gasteiger partial charge in [0.2, 0.25) is 0 Å². The molecule has 10 heteroatoms. The molecule has 0 spiro atoms. The van der Waals surface area contributed by atoms with Gasteiger partial charge in [-0.15, -0.1) is 0 Å². The number of hydrogen-bond donors (Lipinski definition) is 3. The summed E-state index contributed by atoms with van der Waals surface area (Å²) in [4.78, 5) is 26.7. The largest absolute Gasteiger partial charge is 0.372 e. The summed E-state index contributed by atoms with van der Waals surface area (Å²) >= 11 is 5.81. The zero-order valence-corrected chi connectivity index (χ0v) is 16.1. The molecule has 4 rings (SSSR count). The van der Waals surface area contributed by atoms with Crippen LogP contribution in [0.15, 0.2) is 46.1 Å². The number of aromatic nitrogens is 4. The Morgan fingerprint density at radius 1 is 1.31 bits per heavy atom. The second-order valence-corrected chi connectivity index (χ2v) is 7.24. The van der Waals surface area contributed by atoms with Gasteiger partial charge in [-0.3, -0.25) is 9.78 Å². The van der Waals surface area contributed by atoms with Crippen molar-refractivity contribution in [3.8, 4) is 11.4 Å². The van der Waals surface area contributed by atoms with Crippen LogP contribution in [0.1, 0.15) is 11.7 Å². The Morgan fingerprint density at radius 3 is 2.93 bits per heavy atom. The van der Waals surface area contributed by atoms with Crippen LogP contribution in [0.25, 0.3) is 11.4 Å². The standard InChI is InChI=1S/C19H19ClFN5O3/c20-14-4-3-11(8-15(14)21)16-12(9-22-5-7-29-16)10-26-6-1-2-13(18(26)27)17-23-19(28)25-24-17/h1-4,6,8,12,16,22H,5,7,9-10H2,(H2,23,24,25,28). The first kappa shape index (κ1) is 19.6. The fraction of sp³-hybridized carbons (Fsp3) is 0.316. The number of rotatable bonds is 4. The monoisotopic (exact) mass is 419 g/mol. The molecule has 29 heavy (non-hydrogen) atoms. The van der Waals surface area contributed by atoms with Crippen molar-refractivity contribution in [2.75, 3.05) is 19.7 Å². The topological polar surface area (TPSA) is 105 Å². The summed E-state index contributed by atoms with van der Waals surface area (Å²) < 4.78 is 21.5. The molecular formula is C19H19ClFN5O3. The summed E-state index contributed by atoms with van der Waals surface area (Å²) in [7, 11) is 0. The molecule has 0 saturated carbocycles. The van der Waals surface area contributed by atoms with Gasteiger partial charge in [-0.05, 0) is 29.8 Å². The summed E-state index contributed by atoms with van der Waals surface area (Å²) in [6, 6.07) is 7.93. The van der Waals surface area contributed by atoms with Gasteiger partial charge in [-0.2, -0.15) is 5.10 Å². The number of nitrogens with zero attached hydrogens (tertiary/aromatic N) is 2. The van der Waals surface area contributed by atoms with E-state index in [1.165, 1.54) is 12.1 Å². The SMILES string of the molecule is O=c1[nH]nc(-c2cccn(CC3CNCCOC3c3ccc(Cl)c(F)c3)c2=O)[nH]1. The van der Waals surface area contributed by atoms with E-state index in [4.69, 9.17) is 16.3 Å². The smallest absolute Gasteiger partial charge is 0.340 e. The van der Waals surface area contributed by atoms with E-state index in [2.05, 4.69) is 20.5 Å². The lowest BCUT2D eigenvalue weighted by Crippen LogP contribution is -2.32. The predicted molar refractivity (Wildman–Crippen MR) is 105 cm³/mol. The highest BCUT2D eigenvalue weighted by Crippen LogP contribution is 2.30. The zero-order valence-electron chi connectivity index (χ0n) is 15.3. The van der Waals surface area contributed by atoms with E-state index in [1.807, 2.05) is 0 Å². The number of aromatic amines is 2. The van der Waals surface area contributed by atoms with Gasteiger partial charge in [-0.25, -0.2) is 14.3 Å². The van der Waals surface area contributed by atoms with Crippen molar-refractivity contribution >= 4 is 11.6 Å². The molecule has 2 unspecified atom stereocenters. The Hall–Kier alpha value is -2.75. The number of ether oxygens (including phenoxy) is 1. The van der Waals surface area contributed by atoms with Gasteiger partial charge >= 0.3 is 5.69 Å². The number of nitrogens with one attached hydrogen (secondary N) is 3. The average molecular weight is 420 g/mol. The summed E-state index contributed by atoms with van der Waals surface area (Å²) in [5, 5.41) is 9.43. The number of halogens is 2. The molecular weight excluding hydrogens is 401 g/mol. The minimum absolute atomic E-state index is 0.0500. The predicted octanol–water partition coefficient (Wildman–Crippen LogP) is 1.70. The first-order valence-corrected chi connectivity index (χ1v) is 9.52. The quantitative estimate of drug-likeness (QED) is 0.597. The maximum atomic E-state index is 14.0. The van der Waals surface area contributed by atoms with E-state index in [0.29, 0.717) is 31.8 Å². The molecule has 8 nitrogen and oxygen atoms in total. The molecule has 1 saturated heterocycles. The molecule has 1 aliphatic rings. The minimum atomic E-state index is -0.509. The Morgan fingerprint density at radius 2 is 2.17 bits per heavy atom. The highest BCUT2D eigenvalue weighted by Gasteiger charge is 2.28. The molecule has 0 amide bonds. The number of pyridine rings is 1. The average Bonchev–Trinajstić information content (AvgIpc) is 3.00. The van der Waals surface area contributed by atoms with E-state index < -0.39 is 17.6 Å². The van der Waals surface area contributed by atoms with E-state index in [1.54, 1.807) is 29.0 Å². The van der Waals surface area contributed by atoms with Crippen molar-refractivity contribution in [1.82, 2.24) is 25.1 Å². The first-order chi connectivity index (χ1) is 14.0. The normalized spacial score (nSPS) is 19.8. The first-order valence-electron chi connectivity index (χ1n) is 9.14. The van der Waals surface area contributed by atoms with Crippen LogP contribution in [0.3, 0.4) is 0 Å². The van der Waals surface area contributed by atoms with Crippen LogP contribution in [0, 0.1) is 11.7 Å². The van der Waals surface area contributed by atoms with E-state index in [9.17, 15) is 14.0 Å². The van der Waals surface area contributed by atoms with Crippen molar-refractivity contribution in [2.45, 2.75) is 12.6 Å².